The van der Waals surface area contributed by atoms with Gasteiger partial charge < -0.3 is 19.5 Å². The van der Waals surface area contributed by atoms with Crippen molar-refractivity contribution < 1.29 is 27.4 Å². The lowest BCUT2D eigenvalue weighted by atomic mass is 10.1. The van der Waals surface area contributed by atoms with Gasteiger partial charge >= 0.3 is 0 Å². The number of nitrogens with one attached hydrogen (secondary N) is 1. The average molecular weight is 423 g/mol. The van der Waals surface area contributed by atoms with E-state index in [0.717, 1.165) is 4.31 Å². The molecular weight excluding hydrogens is 396 g/mol. The second-order valence-electron chi connectivity index (χ2n) is 6.08. The van der Waals surface area contributed by atoms with E-state index in [1.807, 2.05) is 6.92 Å². The quantitative estimate of drug-likeness (QED) is 0.630. The summed E-state index contributed by atoms with van der Waals surface area (Å²) in [5.41, 5.74) is 0.669. The highest BCUT2D eigenvalue weighted by Crippen LogP contribution is 2.27. The summed E-state index contributed by atoms with van der Waals surface area (Å²) < 4.78 is 42.3. The molecule has 1 amide bonds. The molecule has 0 aromatic heterocycles. The van der Waals surface area contributed by atoms with Crippen LogP contribution in [0.3, 0.4) is 0 Å². The van der Waals surface area contributed by atoms with Crippen LogP contribution in [-0.2, 0) is 21.4 Å². The molecule has 0 fully saturated rings. The fourth-order valence-electron chi connectivity index (χ4n) is 2.69. The van der Waals surface area contributed by atoms with Crippen LogP contribution in [0.4, 0.5) is 0 Å². The van der Waals surface area contributed by atoms with E-state index < -0.39 is 15.9 Å². The summed E-state index contributed by atoms with van der Waals surface area (Å²) in [5.74, 6) is 1.27. The molecule has 0 heterocycles. The summed E-state index contributed by atoms with van der Waals surface area (Å²) in [6.07, 6.45) is 0. The van der Waals surface area contributed by atoms with Crippen molar-refractivity contribution in [2.75, 3.05) is 34.4 Å². The van der Waals surface area contributed by atoms with Gasteiger partial charge in [-0.2, -0.15) is 4.31 Å². The van der Waals surface area contributed by atoms with Crippen molar-refractivity contribution in [1.82, 2.24) is 9.62 Å². The number of nitrogens with zero attached hydrogens (tertiary/aromatic N) is 1. The molecule has 0 aliphatic heterocycles. The van der Waals surface area contributed by atoms with Crippen LogP contribution in [0, 0.1) is 0 Å². The van der Waals surface area contributed by atoms with Gasteiger partial charge in [0.15, 0.2) is 0 Å². The zero-order valence-electron chi connectivity index (χ0n) is 17.0. The van der Waals surface area contributed by atoms with Crippen LogP contribution in [0.15, 0.2) is 47.4 Å². The van der Waals surface area contributed by atoms with Crippen LogP contribution < -0.4 is 19.5 Å². The number of ether oxygens (including phenoxy) is 3. The van der Waals surface area contributed by atoms with Crippen molar-refractivity contribution in [1.29, 1.82) is 0 Å². The van der Waals surface area contributed by atoms with Crippen LogP contribution >= 0.6 is 0 Å². The Kier molecular flexibility index (Phi) is 7.86. The van der Waals surface area contributed by atoms with Gasteiger partial charge in [-0.3, -0.25) is 4.79 Å². The first-order valence-electron chi connectivity index (χ1n) is 8.99. The topological polar surface area (TPSA) is 94.2 Å². The molecular formula is C20H26N2O6S. The van der Waals surface area contributed by atoms with Crippen molar-refractivity contribution >= 4 is 15.9 Å². The van der Waals surface area contributed by atoms with Gasteiger partial charge in [0.1, 0.15) is 17.2 Å². The van der Waals surface area contributed by atoms with Crippen molar-refractivity contribution in [3.05, 3.63) is 48.0 Å². The molecule has 0 aliphatic rings. The van der Waals surface area contributed by atoms with Crippen molar-refractivity contribution in [3.63, 3.8) is 0 Å². The fraction of sp³-hybridized carbons (Fsp3) is 0.350. The van der Waals surface area contributed by atoms with Crippen molar-refractivity contribution in [2.45, 2.75) is 18.4 Å². The van der Waals surface area contributed by atoms with Crippen LogP contribution in [0.1, 0.15) is 12.5 Å². The number of amides is 1. The lowest BCUT2D eigenvalue weighted by molar-refractivity contribution is -0.121. The summed E-state index contributed by atoms with van der Waals surface area (Å²) in [5, 5.41) is 2.70. The van der Waals surface area contributed by atoms with Gasteiger partial charge in [0, 0.05) is 7.05 Å². The third-order valence-corrected chi connectivity index (χ3v) is 6.02. The summed E-state index contributed by atoms with van der Waals surface area (Å²) >= 11 is 0. The Hall–Kier alpha value is -2.78. The van der Waals surface area contributed by atoms with Gasteiger partial charge in [-0.05, 0) is 43.3 Å². The number of likely N-dealkylation sites (N-methyl/N-ethyl adjacent to an activating group) is 1. The number of methoxy groups -OCH3 is 2. The third-order valence-electron chi connectivity index (χ3n) is 4.20. The number of rotatable bonds is 10. The van der Waals surface area contributed by atoms with E-state index in [2.05, 4.69) is 5.32 Å². The lowest BCUT2D eigenvalue weighted by Gasteiger charge is -2.18. The maximum Gasteiger partial charge on any atom is 0.243 e. The molecule has 158 valence electrons. The molecule has 1 N–H and O–H groups in total. The van der Waals surface area contributed by atoms with E-state index in [0.29, 0.717) is 29.4 Å². The molecule has 0 radical (unpaired) electrons. The largest absolute Gasteiger partial charge is 0.496 e. The summed E-state index contributed by atoms with van der Waals surface area (Å²) in [4.78, 5) is 12.4. The second kappa shape index (κ2) is 10.1. The average Bonchev–Trinajstić information content (AvgIpc) is 2.72. The number of hydrogen-bond acceptors (Lipinski definition) is 6. The third kappa shape index (κ3) is 5.61. The van der Waals surface area contributed by atoms with Crippen LogP contribution in [-0.4, -0.2) is 53.0 Å². The monoisotopic (exact) mass is 422 g/mol. The summed E-state index contributed by atoms with van der Waals surface area (Å²) in [6, 6.07) is 11.4. The lowest BCUT2D eigenvalue weighted by Crippen LogP contribution is -2.38. The number of sulfonamides is 1. The van der Waals surface area contributed by atoms with E-state index in [9.17, 15) is 13.2 Å². The molecule has 0 spiro atoms. The van der Waals surface area contributed by atoms with Crippen molar-refractivity contribution in [3.8, 4) is 17.2 Å². The van der Waals surface area contributed by atoms with Gasteiger partial charge in [-0.15, -0.1) is 0 Å². The molecule has 29 heavy (non-hydrogen) atoms. The molecule has 2 rings (SSSR count). The molecule has 0 saturated heterocycles. The first kappa shape index (κ1) is 22.5. The van der Waals surface area contributed by atoms with Gasteiger partial charge in [-0.1, -0.05) is 6.07 Å². The Labute approximate surface area is 171 Å². The highest BCUT2D eigenvalue weighted by atomic mass is 32.2. The first-order valence-corrected chi connectivity index (χ1v) is 10.4. The number of carbonyl (C=O) groups is 1. The molecule has 2 aromatic rings. The Morgan fingerprint density at radius 1 is 1.03 bits per heavy atom. The van der Waals surface area contributed by atoms with E-state index in [-0.39, 0.29) is 18.0 Å². The van der Waals surface area contributed by atoms with Gasteiger partial charge in [0.05, 0.1) is 44.4 Å². The van der Waals surface area contributed by atoms with Gasteiger partial charge in [0.25, 0.3) is 0 Å². The van der Waals surface area contributed by atoms with Crippen LogP contribution in [0.5, 0.6) is 17.2 Å². The van der Waals surface area contributed by atoms with Crippen LogP contribution in [0.2, 0.25) is 0 Å². The van der Waals surface area contributed by atoms with Crippen molar-refractivity contribution in [2.24, 2.45) is 0 Å². The summed E-state index contributed by atoms with van der Waals surface area (Å²) in [6.45, 7) is 2.15. The predicted octanol–water partition coefficient (Wildman–Crippen LogP) is 2.04. The Bertz CT molecular complexity index is 906. The first-order chi connectivity index (χ1) is 13.8. The SMILES string of the molecule is CCOc1ccc(S(=O)(=O)N(C)CC(=O)NCc2c(OC)cccc2OC)cc1. The maximum atomic E-state index is 12.7. The fourth-order valence-corrected chi connectivity index (χ4v) is 3.81. The molecule has 0 atom stereocenters. The zero-order chi connectivity index (χ0) is 21.4. The van der Waals surface area contributed by atoms with E-state index >= 15 is 0 Å². The minimum atomic E-state index is -3.81. The Morgan fingerprint density at radius 2 is 1.62 bits per heavy atom. The van der Waals surface area contributed by atoms with E-state index in [1.165, 1.54) is 33.4 Å². The maximum absolute atomic E-state index is 12.7. The standard InChI is InChI=1S/C20H26N2O6S/c1-5-28-15-9-11-16(12-10-15)29(24,25)22(2)14-20(23)21-13-17-18(26-3)7-6-8-19(17)27-4/h6-12H,5,13-14H2,1-4H3,(H,21,23). The smallest absolute Gasteiger partial charge is 0.243 e. The molecule has 0 saturated carbocycles. The molecule has 0 unspecified atom stereocenters. The Morgan fingerprint density at radius 3 is 2.14 bits per heavy atom. The van der Waals surface area contributed by atoms with Gasteiger partial charge in [-0.25, -0.2) is 8.42 Å². The molecule has 0 bridgehead atoms. The number of carbonyl (C=O) groups excluding carboxylic acids is 1. The molecule has 9 heteroatoms. The molecule has 2 aromatic carbocycles. The molecule has 0 aliphatic carbocycles. The minimum absolute atomic E-state index is 0.0858. The number of hydrogen-bond donors (Lipinski definition) is 1. The summed E-state index contributed by atoms with van der Waals surface area (Å²) in [7, 11) is 0.600. The van der Waals surface area contributed by atoms with E-state index in [4.69, 9.17) is 14.2 Å². The van der Waals surface area contributed by atoms with Crippen LogP contribution in [0.25, 0.3) is 0 Å². The number of benzene rings is 2. The predicted molar refractivity (Wildman–Crippen MR) is 109 cm³/mol. The van der Waals surface area contributed by atoms with Gasteiger partial charge in [0.2, 0.25) is 15.9 Å². The highest BCUT2D eigenvalue weighted by molar-refractivity contribution is 7.89. The normalized spacial score (nSPS) is 11.2. The zero-order valence-corrected chi connectivity index (χ0v) is 17.8. The second-order valence-corrected chi connectivity index (χ2v) is 8.13. The minimum Gasteiger partial charge on any atom is -0.496 e. The van der Waals surface area contributed by atoms with E-state index in [1.54, 1.807) is 30.3 Å². The molecule has 8 nitrogen and oxygen atoms in total. The Balaban J connectivity index is 2.03. The highest BCUT2D eigenvalue weighted by Gasteiger charge is 2.23.